The van der Waals surface area contributed by atoms with Gasteiger partial charge < -0.3 is 20.3 Å². The van der Waals surface area contributed by atoms with Crippen LogP contribution in [0.3, 0.4) is 0 Å². The van der Waals surface area contributed by atoms with Crippen molar-refractivity contribution >= 4 is 11.9 Å². The van der Waals surface area contributed by atoms with Gasteiger partial charge in [0.05, 0.1) is 25.4 Å². The first-order valence-electron chi connectivity index (χ1n) is 35.1. The number of aliphatic hydroxyl groups is 2. The standard InChI is InChI=1S/C71H137NO5/c1-3-5-7-9-11-13-15-16-41-45-49-53-57-61-65-71(76)77-66-62-58-54-50-46-42-39-37-35-33-31-29-27-25-23-21-19-17-18-20-22-24-26-28-30-32-34-36-38-40-44-48-52-56-60-64-70(75)72-68(67-73)69(74)63-59-55-51-47-43-14-12-10-8-6-4-2/h19,21,59,63,68-69,73-74H,3-18,20,22-58,60-62,64-67H2,1-2H3,(H,72,75)/b21-19-,63-59+. The van der Waals surface area contributed by atoms with Crippen molar-refractivity contribution in [2.75, 3.05) is 13.2 Å². The van der Waals surface area contributed by atoms with Gasteiger partial charge in [-0.15, -0.1) is 0 Å². The molecule has 2 atom stereocenters. The van der Waals surface area contributed by atoms with E-state index in [0.29, 0.717) is 19.4 Å². The summed E-state index contributed by atoms with van der Waals surface area (Å²) in [6.45, 7) is 4.92. The molecule has 0 radical (unpaired) electrons. The van der Waals surface area contributed by atoms with Gasteiger partial charge >= 0.3 is 5.97 Å². The van der Waals surface area contributed by atoms with Gasteiger partial charge in [-0.25, -0.2) is 0 Å². The van der Waals surface area contributed by atoms with Crippen LogP contribution >= 0.6 is 0 Å². The summed E-state index contributed by atoms with van der Waals surface area (Å²) < 4.78 is 5.50. The molecule has 3 N–H and O–H groups in total. The molecule has 0 fully saturated rings. The quantitative estimate of drug-likeness (QED) is 0.0320. The predicted molar refractivity (Wildman–Crippen MR) is 338 cm³/mol. The lowest BCUT2D eigenvalue weighted by Gasteiger charge is -2.20. The first-order chi connectivity index (χ1) is 38.0. The van der Waals surface area contributed by atoms with Crippen molar-refractivity contribution in [1.29, 1.82) is 0 Å². The Labute approximate surface area is 481 Å². The van der Waals surface area contributed by atoms with E-state index in [4.69, 9.17) is 4.74 Å². The second kappa shape index (κ2) is 66.8. The Bertz CT molecular complexity index is 1200. The first kappa shape index (κ1) is 75.3. The van der Waals surface area contributed by atoms with Gasteiger partial charge in [0.25, 0.3) is 0 Å². The number of hydrogen-bond acceptors (Lipinski definition) is 5. The molecule has 456 valence electrons. The van der Waals surface area contributed by atoms with E-state index in [1.807, 2.05) is 6.08 Å². The van der Waals surface area contributed by atoms with Crippen LogP contribution in [0.15, 0.2) is 24.3 Å². The molecule has 0 aromatic carbocycles. The largest absolute Gasteiger partial charge is 0.466 e. The second-order valence-corrected chi connectivity index (χ2v) is 24.2. The first-order valence-corrected chi connectivity index (χ1v) is 35.1. The van der Waals surface area contributed by atoms with Crippen molar-refractivity contribution in [2.45, 2.75) is 405 Å². The lowest BCUT2D eigenvalue weighted by atomic mass is 10.0. The average molecular weight is 1080 g/mol. The van der Waals surface area contributed by atoms with Crippen LogP contribution in [0.5, 0.6) is 0 Å². The minimum Gasteiger partial charge on any atom is -0.466 e. The number of hydrogen-bond donors (Lipinski definition) is 3. The summed E-state index contributed by atoms with van der Waals surface area (Å²) >= 11 is 0. The van der Waals surface area contributed by atoms with E-state index in [0.717, 1.165) is 38.5 Å². The van der Waals surface area contributed by atoms with Crippen molar-refractivity contribution in [1.82, 2.24) is 5.32 Å². The van der Waals surface area contributed by atoms with Gasteiger partial charge in [0.15, 0.2) is 0 Å². The lowest BCUT2D eigenvalue weighted by molar-refractivity contribution is -0.143. The van der Waals surface area contributed by atoms with Gasteiger partial charge in [-0.1, -0.05) is 346 Å². The molecule has 0 aromatic rings. The highest BCUT2D eigenvalue weighted by Gasteiger charge is 2.18. The Hall–Kier alpha value is -1.66. The van der Waals surface area contributed by atoms with Gasteiger partial charge in [-0.2, -0.15) is 0 Å². The Kier molecular flexibility index (Phi) is 65.4. The Morgan fingerprint density at radius 3 is 0.922 bits per heavy atom. The third-order valence-corrected chi connectivity index (χ3v) is 16.5. The molecular weight excluding hydrogens is 947 g/mol. The highest BCUT2D eigenvalue weighted by molar-refractivity contribution is 5.76. The molecule has 2 unspecified atom stereocenters. The van der Waals surface area contributed by atoms with Crippen LogP contribution in [0, 0.1) is 0 Å². The number of carbonyl (C=O) groups excluding carboxylic acids is 2. The summed E-state index contributed by atoms with van der Waals surface area (Å²) in [7, 11) is 0. The van der Waals surface area contributed by atoms with Crippen molar-refractivity contribution < 1.29 is 24.5 Å². The number of amides is 1. The number of esters is 1. The number of aliphatic hydroxyl groups excluding tert-OH is 2. The summed E-state index contributed by atoms with van der Waals surface area (Å²) in [6.07, 6.45) is 84.2. The van der Waals surface area contributed by atoms with Crippen LogP contribution in [-0.4, -0.2) is 47.4 Å². The summed E-state index contributed by atoms with van der Waals surface area (Å²) in [5, 5.41) is 23.1. The molecule has 0 rings (SSSR count). The molecule has 0 aliphatic carbocycles. The zero-order chi connectivity index (χ0) is 55.7. The van der Waals surface area contributed by atoms with E-state index in [9.17, 15) is 19.8 Å². The van der Waals surface area contributed by atoms with Crippen molar-refractivity contribution in [2.24, 2.45) is 0 Å². The second-order valence-electron chi connectivity index (χ2n) is 24.2. The van der Waals surface area contributed by atoms with E-state index in [2.05, 4.69) is 31.3 Å². The third-order valence-electron chi connectivity index (χ3n) is 16.5. The van der Waals surface area contributed by atoms with Crippen LogP contribution in [0.25, 0.3) is 0 Å². The maximum Gasteiger partial charge on any atom is 0.305 e. The third kappa shape index (κ3) is 63.4. The molecule has 6 heteroatoms. The number of rotatable bonds is 66. The van der Waals surface area contributed by atoms with Crippen LogP contribution in [0.1, 0.15) is 393 Å². The zero-order valence-corrected chi connectivity index (χ0v) is 52.2. The molecule has 0 bridgehead atoms. The predicted octanol–water partition coefficient (Wildman–Crippen LogP) is 22.5. The lowest BCUT2D eigenvalue weighted by Crippen LogP contribution is -2.45. The fraction of sp³-hybridized carbons (Fsp3) is 0.915. The summed E-state index contributed by atoms with van der Waals surface area (Å²) in [4.78, 5) is 24.5. The van der Waals surface area contributed by atoms with Crippen LogP contribution in [0.4, 0.5) is 0 Å². The van der Waals surface area contributed by atoms with Gasteiger partial charge in [0.1, 0.15) is 0 Å². The maximum absolute atomic E-state index is 12.4. The minimum absolute atomic E-state index is 0.0227. The molecule has 77 heavy (non-hydrogen) atoms. The van der Waals surface area contributed by atoms with E-state index in [-0.39, 0.29) is 18.5 Å². The average Bonchev–Trinajstić information content (AvgIpc) is 3.43. The summed E-state index contributed by atoms with van der Waals surface area (Å²) in [5.41, 5.74) is 0. The number of unbranched alkanes of at least 4 members (excludes halogenated alkanes) is 53. The van der Waals surface area contributed by atoms with E-state index in [1.165, 1.54) is 327 Å². The van der Waals surface area contributed by atoms with Gasteiger partial charge in [0.2, 0.25) is 5.91 Å². The van der Waals surface area contributed by atoms with E-state index in [1.54, 1.807) is 6.08 Å². The number of allylic oxidation sites excluding steroid dienone is 3. The fourth-order valence-electron chi connectivity index (χ4n) is 11.1. The molecule has 0 aromatic heterocycles. The Balaban J connectivity index is 3.32. The molecule has 0 spiro atoms. The smallest absolute Gasteiger partial charge is 0.305 e. The molecule has 0 aliphatic heterocycles. The van der Waals surface area contributed by atoms with Crippen LogP contribution in [0.2, 0.25) is 0 Å². The molecular formula is C71H137NO5. The van der Waals surface area contributed by atoms with Crippen LogP contribution < -0.4 is 5.32 Å². The summed E-state index contributed by atoms with van der Waals surface area (Å²) in [5.74, 6) is -0.0413. The normalized spacial score (nSPS) is 12.6. The topological polar surface area (TPSA) is 95.9 Å². The van der Waals surface area contributed by atoms with Gasteiger partial charge in [-0.3, -0.25) is 9.59 Å². The summed E-state index contributed by atoms with van der Waals surface area (Å²) in [6, 6.07) is -0.623. The molecule has 1 amide bonds. The van der Waals surface area contributed by atoms with Gasteiger partial charge in [0, 0.05) is 12.8 Å². The van der Waals surface area contributed by atoms with Crippen molar-refractivity contribution in [3.8, 4) is 0 Å². The minimum atomic E-state index is -0.840. The maximum atomic E-state index is 12.4. The van der Waals surface area contributed by atoms with Crippen molar-refractivity contribution in [3.05, 3.63) is 24.3 Å². The molecule has 0 saturated heterocycles. The molecule has 0 saturated carbocycles. The Morgan fingerprint density at radius 2 is 0.610 bits per heavy atom. The monoisotopic (exact) mass is 1080 g/mol. The number of ether oxygens (including phenoxy) is 1. The molecule has 0 heterocycles. The SMILES string of the molecule is CCCCCCCCCCC/C=C/C(O)C(CO)NC(=O)CCCCCCCCCCCCCCCCCCC/C=C\CCCCCCCCCCCCCCCCOC(=O)CCCCCCCCCCCCCCCC. The molecule has 6 nitrogen and oxygen atoms in total. The molecule has 0 aliphatic rings. The fourth-order valence-corrected chi connectivity index (χ4v) is 11.1. The van der Waals surface area contributed by atoms with Gasteiger partial charge in [-0.05, 0) is 57.8 Å². The number of nitrogens with one attached hydrogen (secondary N) is 1. The number of carbonyl (C=O) groups is 2. The highest BCUT2D eigenvalue weighted by atomic mass is 16.5. The zero-order valence-electron chi connectivity index (χ0n) is 52.2. The van der Waals surface area contributed by atoms with E-state index < -0.39 is 12.1 Å². The van der Waals surface area contributed by atoms with Crippen LogP contribution in [-0.2, 0) is 14.3 Å². The van der Waals surface area contributed by atoms with E-state index >= 15 is 0 Å². The highest BCUT2D eigenvalue weighted by Crippen LogP contribution is 2.19. The Morgan fingerprint density at radius 1 is 0.351 bits per heavy atom. The van der Waals surface area contributed by atoms with Crippen molar-refractivity contribution in [3.63, 3.8) is 0 Å².